The molecule has 5 nitrogen and oxygen atoms in total. The Balaban J connectivity index is 1.94. The predicted molar refractivity (Wildman–Crippen MR) is 77.0 cm³/mol. The molecule has 1 aliphatic rings. The van der Waals surface area contributed by atoms with Gasteiger partial charge in [-0.2, -0.15) is 0 Å². The lowest BCUT2D eigenvalue weighted by Crippen LogP contribution is -2.38. The number of carbonyl (C=O) groups is 1. The topological polar surface area (TPSA) is 67.6 Å². The quantitative estimate of drug-likeness (QED) is 0.602. The molecular formula is C14H29N3O2. The lowest BCUT2D eigenvalue weighted by molar-refractivity contribution is -0.121. The first-order chi connectivity index (χ1) is 9.22. The molecule has 1 unspecified atom stereocenters. The monoisotopic (exact) mass is 271 g/mol. The maximum absolute atomic E-state index is 11.6. The van der Waals surface area contributed by atoms with Gasteiger partial charge in [0.25, 0.3) is 0 Å². The van der Waals surface area contributed by atoms with E-state index in [1.807, 2.05) is 0 Å². The van der Waals surface area contributed by atoms with Gasteiger partial charge in [0.2, 0.25) is 5.91 Å². The number of morpholine rings is 1. The Hall–Kier alpha value is -0.650. The molecule has 3 N–H and O–H groups in total. The Kier molecular flexibility index (Phi) is 8.79. The zero-order valence-corrected chi connectivity index (χ0v) is 12.2. The SMILES string of the molecule is CC(CCN)CCC(=O)NCCCN1CCOCC1. The molecule has 0 aromatic rings. The molecule has 1 saturated heterocycles. The lowest BCUT2D eigenvalue weighted by Gasteiger charge is -2.26. The molecule has 0 spiro atoms. The van der Waals surface area contributed by atoms with Crippen LogP contribution in [0.15, 0.2) is 0 Å². The molecule has 0 radical (unpaired) electrons. The summed E-state index contributed by atoms with van der Waals surface area (Å²) in [4.78, 5) is 14.0. The normalized spacial score (nSPS) is 18.2. The van der Waals surface area contributed by atoms with Crippen molar-refractivity contribution in [3.8, 4) is 0 Å². The Labute approximate surface area is 116 Å². The van der Waals surface area contributed by atoms with E-state index < -0.39 is 0 Å². The van der Waals surface area contributed by atoms with Gasteiger partial charge in [0.05, 0.1) is 13.2 Å². The Morgan fingerprint density at radius 1 is 1.37 bits per heavy atom. The predicted octanol–water partition coefficient (Wildman–Crippen LogP) is 0.590. The summed E-state index contributed by atoms with van der Waals surface area (Å²) in [6.45, 7) is 8.40. The van der Waals surface area contributed by atoms with Gasteiger partial charge >= 0.3 is 0 Å². The average molecular weight is 271 g/mol. The third-order valence-corrected chi connectivity index (χ3v) is 3.60. The Morgan fingerprint density at radius 3 is 2.79 bits per heavy atom. The van der Waals surface area contributed by atoms with E-state index >= 15 is 0 Å². The fourth-order valence-electron chi connectivity index (χ4n) is 2.25. The van der Waals surface area contributed by atoms with Gasteiger partial charge in [-0.3, -0.25) is 9.69 Å². The van der Waals surface area contributed by atoms with E-state index in [4.69, 9.17) is 10.5 Å². The highest BCUT2D eigenvalue weighted by atomic mass is 16.5. The third kappa shape index (κ3) is 8.18. The zero-order valence-electron chi connectivity index (χ0n) is 12.2. The van der Waals surface area contributed by atoms with Gasteiger partial charge in [0.15, 0.2) is 0 Å². The minimum absolute atomic E-state index is 0.172. The maximum atomic E-state index is 11.6. The molecule has 19 heavy (non-hydrogen) atoms. The van der Waals surface area contributed by atoms with Crippen LogP contribution in [0, 0.1) is 5.92 Å². The standard InChI is InChI=1S/C14H29N3O2/c1-13(5-6-15)3-4-14(18)16-7-2-8-17-9-11-19-12-10-17/h13H,2-12,15H2,1H3,(H,16,18). The van der Waals surface area contributed by atoms with Crippen LogP contribution in [-0.2, 0) is 9.53 Å². The van der Waals surface area contributed by atoms with Gasteiger partial charge in [0.1, 0.15) is 0 Å². The highest BCUT2D eigenvalue weighted by molar-refractivity contribution is 5.75. The number of nitrogens with two attached hydrogens (primary N) is 1. The Morgan fingerprint density at radius 2 is 2.11 bits per heavy atom. The van der Waals surface area contributed by atoms with Crippen molar-refractivity contribution in [1.82, 2.24) is 10.2 Å². The van der Waals surface area contributed by atoms with E-state index in [1.165, 1.54) is 0 Å². The van der Waals surface area contributed by atoms with Crippen LogP contribution < -0.4 is 11.1 Å². The van der Waals surface area contributed by atoms with E-state index in [-0.39, 0.29) is 5.91 Å². The van der Waals surface area contributed by atoms with Gasteiger partial charge < -0.3 is 15.8 Å². The molecule has 0 bridgehead atoms. The number of nitrogens with one attached hydrogen (secondary N) is 1. The van der Waals surface area contributed by atoms with Gasteiger partial charge in [-0.25, -0.2) is 0 Å². The number of amides is 1. The molecule has 5 heteroatoms. The van der Waals surface area contributed by atoms with E-state index in [2.05, 4.69) is 17.1 Å². The molecule has 0 aliphatic carbocycles. The first-order valence-corrected chi connectivity index (χ1v) is 7.49. The summed E-state index contributed by atoms with van der Waals surface area (Å²) in [5, 5.41) is 2.99. The van der Waals surface area contributed by atoms with Crippen LogP contribution >= 0.6 is 0 Å². The number of hydrogen-bond donors (Lipinski definition) is 2. The van der Waals surface area contributed by atoms with Gasteiger partial charge in [-0.05, 0) is 38.3 Å². The van der Waals surface area contributed by atoms with E-state index in [0.717, 1.165) is 58.7 Å². The van der Waals surface area contributed by atoms with Crippen LogP contribution in [0.5, 0.6) is 0 Å². The first kappa shape index (κ1) is 16.4. The molecular weight excluding hydrogens is 242 g/mol. The van der Waals surface area contributed by atoms with E-state index in [1.54, 1.807) is 0 Å². The molecule has 1 aliphatic heterocycles. The molecule has 1 atom stereocenters. The Bertz CT molecular complexity index is 243. The summed E-state index contributed by atoms with van der Waals surface area (Å²) in [5.74, 6) is 0.718. The van der Waals surface area contributed by atoms with Crippen LogP contribution in [0.3, 0.4) is 0 Å². The van der Waals surface area contributed by atoms with Crippen LogP contribution in [0.4, 0.5) is 0 Å². The summed E-state index contributed by atoms with van der Waals surface area (Å²) < 4.78 is 5.30. The summed E-state index contributed by atoms with van der Waals surface area (Å²) >= 11 is 0. The molecule has 1 amide bonds. The van der Waals surface area contributed by atoms with Crippen molar-refractivity contribution >= 4 is 5.91 Å². The molecule has 0 aromatic heterocycles. The molecule has 0 aromatic carbocycles. The number of nitrogens with zero attached hydrogens (tertiary/aromatic N) is 1. The number of ether oxygens (including phenoxy) is 1. The highest BCUT2D eigenvalue weighted by Crippen LogP contribution is 2.08. The van der Waals surface area contributed by atoms with Crippen molar-refractivity contribution < 1.29 is 9.53 Å². The number of carbonyl (C=O) groups excluding carboxylic acids is 1. The van der Waals surface area contributed by atoms with Crippen LogP contribution in [0.2, 0.25) is 0 Å². The molecule has 1 rings (SSSR count). The maximum Gasteiger partial charge on any atom is 0.220 e. The summed E-state index contributed by atoms with van der Waals surface area (Å²) in [5.41, 5.74) is 5.49. The molecule has 0 saturated carbocycles. The fourth-order valence-corrected chi connectivity index (χ4v) is 2.25. The minimum atomic E-state index is 0.172. The molecule has 1 heterocycles. The van der Waals surface area contributed by atoms with E-state index in [9.17, 15) is 4.79 Å². The smallest absolute Gasteiger partial charge is 0.220 e. The lowest BCUT2D eigenvalue weighted by atomic mass is 10.0. The zero-order chi connectivity index (χ0) is 13.9. The number of rotatable bonds is 9. The van der Waals surface area contributed by atoms with Crippen molar-refractivity contribution in [2.45, 2.75) is 32.6 Å². The summed E-state index contributed by atoms with van der Waals surface area (Å²) in [6, 6.07) is 0. The van der Waals surface area contributed by atoms with Gasteiger partial charge in [-0.15, -0.1) is 0 Å². The second-order valence-electron chi connectivity index (χ2n) is 5.38. The minimum Gasteiger partial charge on any atom is -0.379 e. The van der Waals surface area contributed by atoms with Crippen LogP contribution in [0.1, 0.15) is 32.6 Å². The van der Waals surface area contributed by atoms with Gasteiger partial charge in [-0.1, -0.05) is 6.92 Å². The van der Waals surface area contributed by atoms with Crippen molar-refractivity contribution in [2.75, 3.05) is 45.9 Å². The second-order valence-corrected chi connectivity index (χ2v) is 5.38. The summed E-state index contributed by atoms with van der Waals surface area (Å²) in [6.07, 6.45) is 3.58. The number of hydrogen-bond acceptors (Lipinski definition) is 4. The fraction of sp³-hybridized carbons (Fsp3) is 0.929. The third-order valence-electron chi connectivity index (χ3n) is 3.60. The van der Waals surface area contributed by atoms with Crippen molar-refractivity contribution in [2.24, 2.45) is 11.7 Å². The van der Waals surface area contributed by atoms with Crippen LogP contribution in [-0.4, -0.2) is 56.7 Å². The average Bonchev–Trinajstić information content (AvgIpc) is 2.43. The largest absolute Gasteiger partial charge is 0.379 e. The molecule has 112 valence electrons. The van der Waals surface area contributed by atoms with Crippen molar-refractivity contribution in [1.29, 1.82) is 0 Å². The van der Waals surface area contributed by atoms with E-state index in [0.29, 0.717) is 18.9 Å². The van der Waals surface area contributed by atoms with Gasteiger partial charge in [0, 0.05) is 26.1 Å². The highest BCUT2D eigenvalue weighted by Gasteiger charge is 2.10. The molecule has 1 fully saturated rings. The second kappa shape index (κ2) is 10.2. The van der Waals surface area contributed by atoms with Crippen molar-refractivity contribution in [3.05, 3.63) is 0 Å². The van der Waals surface area contributed by atoms with Crippen molar-refractivity contribution in [3.63, 3.8) is 0 Å². The summed E-state index contributed by atoms with van der Waals surface area (Å²) in [7, 11) is 0. The van der Waals surface area contributed by atoms with Crippen LogP contribution in [0.25, 0.3) is 0 Å². The first-order valence-electron chi connectivity index (χ1n) is 7.49.